The average molecular weight is 224 g/mol. The Morgan fingerprint density at radius 2 is 2.00 bits per heavy atom. The van der Waals surface area contributed by atoms with E-state index in [1.165, 1.54) is 6.07 Å². The van der Waals surface area contributed by atoms with Crippen LogP contribution >= 0.6 is 0 Å². The summed E-state index contributed by atoms with van der Waals surface area (Å²) in [5.74, 6) is -2.95. The molecule has 0 unspecified atom stereocenters. The second-order valence-corrected chi connectivity index (χ2v) is 3.28. The molecule has 0 saturated heterocycles. The summed E-state index contributed by atoms with van der Waals surface area (Å²) >= 11 is 0. The van der Waals surface area contributed by atoms with E-state index in [1.807, 2.05) is 6.92 Å². The van der Waals surface area contributed by atoms with Gasteiger partial charge in [-0.3, -0.25) is 0 Å². The zero-order valence-corrected chi connectivity index (χ0v) is 8.73. The molecule has 4 N–H and O–H groups in total. The fourth-order valence-corrected chi connectivity index (χ4v) is 1.40. The standard InChI is InChI=1S/C10H12N2O4/c1-2-3-5-4-6(9(13)14)7(10(15)16)8(11)12-5/h4H,2-3H2,1H3,(H2,11,12)(H,13,14)(H,15,16). The second-order valence-electron chi connectivity index (χ2n) is 3.28. The number of anilines is 1. The largest absolute Gasteiger partial charge is 0.478 e. The molecule has 0 spiro atoms. The van der Waals surface area contributed by atoms with Crippen LogP contribution < -0.4 is 5.73 Å². The third kappa shape index (κ3) is 2.28. The van der Waals surface area contributed by atoms with Gasteiger partial charge in [0.25, 0.3) is 0 Å². The molecule has 1 heterocycles. The number of nitrogens with zero attached hydrogens (tertiary/aromatic N) is 1. The molecule has 0 amide bonds. The van der Waals surface area contributed by atoms with Crippen LogP contribution in [-0.2, 0) is 6.42 Å². The number of aromatic nitrogens is 1. The van der Waals surface area contributed by atoms with Gasteiger partial charge in [0, 0.05) is 5.69 Å². The number of aromatic carboxylic acids is 2. The van der Waals surface area contributed by atoms with E-state index in [0.717, 1.165) is 6.42 Å². The maximum Gasteiger partial charge on any atom is 0.340 e. The first kappa shape index (κ1) is 12.0. The first-order valence-electron chi connectivity index (χ1n) is 4.73. The van der Waals surface area contributed by atoms with Crippen LogP contribution in [0.5, 0.6) is 0 Å². The maximum absolute atomic E-state index is 10.9. The van der Waals surface area contributed by atoms with Crippen LogP contribution in [0.3, 0.4) is 0 Å². The molecule has 86 valence electrons. The Morgan fingerprint density at radius 1 is 1.38 bits per heavy atom. The molecule has 1 aromatic rings. The molecule has 0 aliphatic heterocycles. The number of carbonyl (C=O) groups is 2. The second kappa shape index (κ2) is 4.61. The smallest absolute Gasteiger partial charge is 0.340 e. The van der Waals surface area contributed by atoms with Gasteiger partial charge in [-0.05, 0) is 12.5 Å². The molecule has 0 aliphatic rings. The summed E-state index contributed by atoms with van der Waals surface area (Å²) in [6.45, 7) is 1.91. The normalized spacial score (nSPS) is 10.1. The number of aryl methyl sites for hydroxylation is 1. The molecular weight excluding hydrogens is 212 g/mol. The van der Waals surface area contributed by atoms with Crippen molar-refractivity contribution < 1.29 is 19.8 Å². The minimum atomic E-state index is -1.38. The van der Waals surface area contributed by atoms with E-state index in [9.17, 15) is 9.59 Å². The number of hydrogen-bond acceptors (Lipinski definition) is 4. The highest BCUT2D eigenvalue weighted by atomic mass is 16.4. The van der Waals surface area contributed by atoms with Gasteiger partial charge in [0.2, 0.25) is 0 Å². The first-order valence-corrected chi connectivity index (χ1v) is 4.73. The van der Waals surface area contributed by atoms with Crippen molar-refractivity contribution in [1.29, 1.82) is 0 Å². The Bertz CT molecular complexity index is 443. The summed E-state index contributed by atoms with van der Waals surface area (Å²) in [5.41, 5.74) is 5.16. The lowest BCUT2D eigenvalue weighted by Crippen LogP contribution is -2.14. The summed E-state index contributed by atoms with van der Waals surface area (Å²) in [6.07, 6.45) is 1.34. The van der Waals surface area contributed by atoms with Gasteiger partial charge in [0.1, 0.15) is 11.4 Å². The molecule has 0 radical (unpaired) electrons. The lowest BCUT2D eigenvalue weighted by molar-refractivity contribution is 0.0652. The highest BCUT2D eigenvalue weighted by Gasteiger charge is 2.21. The van der Waals surface area contributed by atoms with E-state index in [1.54, 1.807) is 0 Å². The molecule has 1 rings (SSSR count). The lowest BCUT2D eigenvalue weighted by atomic mass is 10.1. The number of carboxylic acids is 2. The number of nitrogen functional groups attached to an aromatic ring is 1. The minimum absolute atomic E-state index is 0.254. The van der Waals surface area contributed by atoms with E-state index in [2.05, 4.69) is 4.98 Å². The Balaban J connectivity index is 3.39. The van der Waals surface area contributed by atoms with Gasteiger partial charge >= 0.3 is 11.9 Å². The fourth-order valence-electron chi connectivity index (χ4n) is 1.40. The quantitative estimate of drug-likeness (QED) is 0.703. The average Bonchev–Trinajstić information content (AvgIpc) is 2.16. The predicted molar refractivity (Wildman–Crippen MR) is 56.6 cm³/mol. The number of nitrogens with two attached hydrogens (primary N) is 1. The Morgan fingerprint density at radius 3 is 2.44 bits per heavy atom. The molecule has 0 atom stereocenters. The molecule has 0 bridgehead atoms. The molecule has 0 aliphatic carbocycles. The zero-order chi connectivity index (χ0) is 12.3. The summed E-state index contributed by atoms with van der Waals surface area (Å²) in [6, 6.07) is 1.26. The van der Waals surface area contributed by atoms with Crippen molar-refractivity contribution in [3.05, 3.63) is 22.9 Å². The van der Waals surface area contributed by atoms with Crippen LogP contribution in [0.2, 0.25) is 0 Å². The third-order valence-electron chi connectivity index (χ3n) is 2.05. The van der Waals surface area contributed by atoms with Gasteiger partial charge in [-0.15, -0.1) is 0 Å². The van der Waals surface area contributed by atoms with Crippen molar-refractivity contribution in [2.75, 3.05) is 5.73 Å². The van der Waals surface area contributed by atoms with Gasteiger partial charge in [0.15, 0.2) is 0 Å². The SMILES string of the molecule is CCCc1cc(C(=O)O)c(C(=O)O)c(N)n1. The van der Waals surface area contributed by atoms with Gasteiger partial charge in [0.05, 0.1) is 5.56 Å². The minimum Gasteiger partial charge on any atom is -0.478 e. The molecule has 1 aromatic heterocycles. The topological polar surface area (TPSA) is 114 Å². The highest BCUT2D eigenvalue weighted by Crippen LogP contribution is 2.18. The maximum atomic E-state index is 10.9. The van der Waals surface area contributed by atoms with Crippen LogP contribution in [0.1, 0.15) is 39.8 Å². The fraction of sp³-hybridized carbons (Fsp3) is 0.300. The number of rotatable bonds is 4. The van der Waals surface area contributed by atoms with Crippen LogP contribution in [0.15, 0.2) is 6.07 Å². The van der Waals surface area contributed by atoms with Crippen molar-refractivity contribution in [2.24, 2.45) is 0 Å². The van der Waals surface area contributed by atoms with Crippen LogP contribution in [0.25, 0.3) is 0 Å². The monoisotopic (exact) mass is 224 g/mol. The predicted octanol–water partition coefficient (Wildman–Crippen LogP) is 1.01. The van der Waals surface area contributed by atoms with Crippen molar-refractivity contribution in [3.8, 4) is 0 Å². The summed E-state index contributed by atoms with van der Waals surface area (Å²) in [4.78, 5) is 25.6. The van der Waals surface area contributed by atoms with Crippen molar-refractivity contribution in [1.82, 2.24) is 4.98 Å². The Labute approximate surface area is 91.7 Å². The molecule has 0 fully saturated rings. The number of hydrogen-bond donors (Lipinski definition) is 3. The van der Waals surface area contributed by atoms with Gasteiger partial charge in [-0.1, -0.05) is 13.3 Å². The van der Waals surface area contributed by atoms with Gasteiger partial charge in [-0.25, -0.2) is 14.6 Å². The van der Waals surface area contributed by atoms with Gasteiger partial charge in [-0.2, -0.15) is 0 Å². The zero-order valence-electron chi connectivity index (χ0n) is 8.73. The third-order valence-corrected chi connectivity index (χ3v) is 2.05. The summed E-state index contributed by atoms with van der Waals surface area (Å²) < 4.78 is 0. The van der Waals surface area contributed by atoms with Crippen molar-refractivity contribution in [3.63, 3.8) is 0 Å². The molecule has 6 nitrogen and oxygen atoms in total. The molecular formula is C10H12N2O4. The Hall–Kier alpha value is -2.11. The summed E-state index contributed by atoms with van der Waals surface area (Å²) in [5, 5.41) is 17.7. The summed E-state index contributed by atoms with van der Waals surface area (Å²) in [7, 11) is 0. The lowest BCUT2D eigenvalue weighted by Gasteiger charge is -2.07. The van der Waals surface area contributed by atoms with E-state index in [-0.39, 0.29) is 11.4 Å². The van der Waals surface area contributed by atoms with Crippen molar-refractivity contribution in [2.45, 2.75) is 19.8 Å². The number of carboxylic acid groups (broad SMARTS) is 2. The van der Waals surface area contributed by atoms with E-state index < -0.39 is 17.5 Å². The van der Waals surface area contributed by atoms with E-state index in [4.69, 9.17) is 15.9 Å². The van der Waals surface area contributed by atoms with Crippen molar-refractivity contribution >= 4 is 17.8 Å². The molecule has 0 saturated carbocycles. The molecule has 6 heteroatoms. The van der Waals surface area contributed by atoms with Gasteiger partial charge < -0.3 is 15.9 Å². The first-order chi connectivity index (χ1) is 7.47. The van der Waals surface area contributed by atoms with E-state index in [0.29, 0.717) is 12.1 Å². The van der Waals surface area contributed by atoms with Crippen LogP contribution in [0, 0.1) is 0 Å². The van der Waals surface area contributed by atoms with E-state index >= 15 is 0 Å². The van der Waals surface area contributed by atoms with Crippen LogP contribution in [0.4, 0.5) is 5.82 Å². The highest BCUT2D eigenvalue weighted by molar-refractivity contribution is 6.04. The molecule has 16 heavy (non-hydrogen) atoms. The molecule has 0 aromatic carbocycles. The van der Waals surface area contributed by atoms with Crippen LogP contribution in [-0.4, -0.2) is 27.1 Å². The number of pyridine rings is 1. The Kier molecular flexibility index (Phi) is 3.44.